The van der Waals surface area contributed by atoms with Gasteiger partial charge in [-0.15, -0.1) is 0 Å². The highest BCUT2D eigenvalue weighted by Crippen LogP contribution is 2.28. The van der Waals surface area contributed by atoms with E-state index < -0.39 is 0 Å². The molecule has 3 rings (SSSR count). The Labute approximate surface area is 93.3 Å². The molecule has 0 bridgehead atoms. The van der Waals surface area contributed by atoms with Gasteiger partial charge >= 0.3 is 0 Å². The number of ketones is 1. The van der Waals surface area contributed by atoms with Crippen molar-refractivity contribution in [1.29, 1.82) is 0 Å². The van der Waals surface area contributed by atoms with E-state index in [1.54, 1.807) is 29.3 Å². The van der Waals surface area contributed by atoms with Gasteiger partial charge in [0.2, 0.25) is 0 Å². The Morgan fingerprint density at radius 1 is 1.31 bits per heavy atom. The summed E-state index contributed by atoms with van der Waals surface area (Å²) in [6, 6.07) is 0. The van der Waals surface area contributed by atoms with Crippen LogP contribution in [0.25, 0.3) is 5.52 Å². The molecule has 1 aliphatic carbocycles. The van der Waals surface area contributed by atoms with Crippen LogP contribution in [0.15, 0.2) is 24.8 Å². The maximum absolute atomic E-state index is 12.2. The van der Waals surface area contributed by atoms with Crippen molar-refractivity contribution in [2.45, 2.75) is 25.7 Å². The fourth-order valence-electron chi connectivity index (χ4n) is 2.43. The fourth-order valence-corrected chi connectivity index (χ4v) is 2.43. The molecular formula is C12H13N3O. The lowest BCUT2D eigenvalue weighted by molar-refractivity contribution is 0.0924. The van der Waals surface area contributed by atoms with Gasteiger partial charge in [0, 0.05) is 18.3 Å². The third-order valence-electron chi connectivity index (χ3n) is 3.32. The first-order valence-electron chi connectivity index (χ1n) is 5.68. The predicted molar refractivity (Wildman–Crippen MR) is 59.3 cm³/mol. The molecule has 0 N–H and O–H groups in total. The van der Waals surface area contributed by atoms with E-state index in [-0.39, 0.29) is 11.7 Å². The first-order chi connectivity index (χ1) is 7.86. The Morgan fingerprint density at radius 2 is 2.12 bits per heavy atom. The van der Waals surface area contributed by atoms with Crippen LogP contribution in [0, 0.1) is 5.92 Å². The molecule has 2 heterocycles. The average molecular weight is 215 g/mol. The Bertz CT molecular complexity index is 526. The minimum atomic E-state index is 0.202. The van der Waals surface area contributed by atoms with Gasteiger partial charge in [-0.3, -0.25) is 9.78 Å². The second-order valence-corrected chi connectivity index (χ2v) is 4.31. The van der Waals surface area contributed by atoms with E-state index in [9.17, 15) is 4.79 Å². The molecule has 4 heteroatoms. The van der Waals surface area contributed by atoms with E-state index in [1.807, 2.05) is 0 Å². The lowest BCUT2D eigenvalue weighted by atomic mass is 9.97. The summed E-state index contributed by atoms with van der Waals surface area (Å²) in [7, 11) is 0. The number of hydrogen-bond acceptors (Lipinski definition) is 3. The predicted octanol–water partition coefficient (Wildman–Crippen LogP) is 2.10. The van der Waals surface area contributed by atoms with Crippen molar-refractivity contribution in [2.24, 2.45) is 5.92 Å². The third kappa shape index (κ3) is 1.41. The smallest absolute Gasteiger partial charge is 0.169 e. The number of fused-ring (bicyclic) bond motifs is 1. The molecule has 82 valence electrons. The molecule has 2 aromatic heterocycles. The molecule has 0 aliphatic heterocycles. The number of carbonyl (C=O) groups excluding carboxylic acids is 1. The molecule has 0 unspecified atom stereocenters. The molecule has 0 spiro atoms. The fraction of sp³-hybridized carbons (Fsp3) is 0.417. The van der Waals surface area contributed by atoms with Crippen LogP contribution in [0.2, 0.25) is 0 Å². The second kappa shape index (κ2) is 3.70. The Hall–Kier alpha value is -1.71. The van der Waals surface area contributed by atoms with Gasteiger partial charge in [-0.25, -0.2) is 4.52 Å². The van der Waals surface area contributed by atoms with Crippen LogP contribution in [0.4, 0.5) is 0 Å². The Balaban J connectivity index is 2.02. The zero-order valence-electron chi connectivity index (χ0n) is 8.97. The number of rotatable bonds is 2. The maximum Gasteiger partial charge on any atom is 0.169 e. The van der Waals surface area contributed by atoms with Crippen molar-refractivity contribution in [3.63, 3.8) is 0 Å². The molecular weight excluding hydrogens is 202 g/mol. The van der Waals surface area contributed by atoms with Crippen LogP contribution in [0.1, 0.15) is 36.0 Å². The van der Waals surface area contributed by atoms with E-state index in [4.69, 9.17) is 0 Å². The van der Waals surface area contributed by atoms with Crippen LogP contribution in [-0.2, 0) is 0 Å². The van der Waals surface area contributed by atoms with Crippen LogP contribution in [-0.4, -0.2) is 20.4 Å². The van der Waals surface area contributed by atoms with Crippen molar-refractivity contribution < 1.29 is 4.79 Å². The second-order valence-electron chi connectivity index (χ2n) is 4.31. The lowest BCUT2D eigenvalue weighted by Crippen LogP contribution is -2.10. The van der Waals surface area contributed by atoms with Crippen molar-refractivity contribution >= 4 is 11.3 Å². The molecule has 0 atom stereocenters. The van der Waals surface area contributed by atoms with Crippen molar-refractivity contribution in [3.8, 4) is 0 Å². The van der Waals surface area contributed by atoms with Crippen molar-refractivity contribution in [2.75, 3.05) is 0 Å². The van der Waals surface area contributed by atoms with Crippen LogP contribution < -0.4 is 0 Å². The molecule has 16 heavy (non-hydrogen) atoms. The third-order valence-corrected chi connectivity index (χ3v) is 3.32. The van der Waals surface area contributed by atoms with E-state index in [0.717, 1.165) is 23.9 Å². The number of Topliss-reactive ketones (excluding diaryl/α,β-unsaturated/α-hetero) is 1. The van der Waals surface area contributed by atoms with Gasteiger partial charge in [0.15, 0.2) is 5.78 Å². The number of aromatic nitrogens is 3. The van der Waals surface area contributed by atoms with E-state index in [1.165, 1.54) is 12.8 Å². The van der Waals surface area contributed by atoms with Crippen LogP contribution in [0.3, 0.4) is 0 Å². The zero-order valence-corrected chi connectivity index (χ0v) is 8.97. The number of hydrogen-bond donors (Lipinski definition) is 0. The minimum absolute atomic E-state index is 0.202. The van der Waals surface area contributed by atoms with Gasteiger partial charge in [-0.2, -0.15) is 5.10 Å². The normalized spacial score (nSPS) is 17.0. The summed E-state index contributed by atoms with van der Waals surface area (Å²) in [5.41, 5.74) is 1.54. The molecule has 1 fully saturated rings. The summed E-state index contributed by atoms with van der Waals surface area (Å²) in [5.74, 6) is 0.439. The van der Waals surface area contributed by atoms with Gasteiger partial charge in [-0.05, 0) is 12.8 Å². The summed E-state index contributed by atoms with van der Waals surface area (Å²) >= 11 is 0. The summed E-state index contributed by atoms with van der Waals surface area (Å²) in [5, 5.41) is 4.17. The van der Waals surface area contributed by atoms with Gasteiger partial charge in [0.05, 0.1) is 23.5 Å². The highest BCUT2D eigenvalue weighted by Gasteiger charge is 2.25. The largest absolute Gasteiger partial charge is 0.294 e. The maximum atomic E-state index is 12.2. The quantitative estimate of drug-likeness (QED) is 0.721. The topological polar surface area (TPSA) is 47.3 Å². The molecule has 1 aliphatic rings. The monoisotopic (exact) mass is 215 g/mol. The lowest BCUT2D eigenvalue weighted by Gasteiger charge is -2.05. The Kier molecular flexibility index (Phi) is 2.20. The zero-order chi connectivity index (χ0) is 11.0. The first-order valence-corrected chi connectivity index (χ1v) is 5.68. The van der Waals surface area contributed by atoms with Crippen LogP contribution in [0.5, 0.6) is 0 Å². The number of carbonyl (C=O) groups is 1. The standard InChI is InChI=1S/C12H13N3O/c16-12(9-3-1-2-4-9)10-7-14-15-6-5-13-8-11(10)15/h5-9H,1-4H2. The first kappa shape index (κ1) is 9.51. The molecule has 0 saturated heterocycles. The van der Waals surface area contributed by atoms with Gasteiger partial charge in [0.25, 0.3) is 0 Å². The molecule has 4 nitrogen and oxygen atoms in total. The molecule has 1 saturated carbocycles. The van der Waals surface area contributed by atoms with Crippen LogP contribution >= 0.6 is 0 Å². The highest BCUT2D eigenvalue weighted by molar-refractivity contribution is 6.03. The summed E-state index contributed by atoms with van der Waals surface area (Å²) < 4.78 is 1.70. The van der Waals surface area contributed by atoms with Crippen molar-refractivity contribution in [1.82, 2.24) is 14.6 Å². The van der Waals surface area contributed by atoms with Crippen molar-refractivity contribution in [3.05, 3.63) is 30.4 Å². The number of nitrogens with zero attached hydrogens (tertiary/aromatic N) is 3. The molecule has 0 radical (unpaired) electrons. The van der Waals surface area contributed by atoms with Gasteiger partial charge in [-0.1, -0.05) is 12.8 Å². The van der Waals surface area contributed by atoms with E-state index in [0.29, 0.717) is 0 Å². The van der Waals surface area contributed by atoms with E-state index in [2.05, 4.69) is 10.1 Å². The average Bonchev–Trinajstić information content (AvgIpc) is 2.98. The molecule has 0 aromatic carbocycles. The van der Waals surface area contributed by atoms with E-state index >= 15 is 0 Å². The Morgan fingerprint density at radius 3 is 2.94 bits per heavy atom. The van der Waals surface area contributed by atoms with Gasteiger partial charge < -0.3 is 0 Å². The summed E-state index contributed by atoms with van der Waals surface area (Å²) in [6.45, 7) is 0. The molecule has 0 amide bonds. The highest BCUT2D eigenvalue weighted by atomic mass is 16.1. The SMILES string of the molecule is O=C(c1cnn2ccncc12)C1CCCC1. The van der Waals surface area contributed by atoms with Gasteiger partial charge in [0.1, 0.15) is 0 Å². The summed E-state index contributed by atoms with van der Waals surface area (Å²) in [4.78, 5) is 16.3. The summed E-state index contributed by atoms with van der Waals surface area (Å²) in [6.07, 6.45) is 11.2. The molecule has 2 aromatic rings. The minimum Gasteiger partial charge on any atom is -0.294 e.